The number of unbranched alkanes of at least 4 members (excludes halogenated alkanes) is 16. The third kappa shape index (κ3) is 42.9. The molecule has 0 aromatic rings. The molecule has 0 N–H and O–H groups in total. The standard InChI is InChI=1S/C53H95NO11/c1-6-11-14-17-18-19-20-21-22-23-24-25-26-29-32-38-51(57)63-44-48(46-65-53(59)60-41-34-40-54(9-4)10-5)45-64-52(58)39-33-35-47(42-61-49(55)36-30-27-15-12-7-2)43-62-50(56)37-31-28-16-13-8-3/h18-19,21-22,47-48H,6-17,20,23-46H2,1-5H3/b19-18-,22-21-. The Bertz CT molecular complexity index is 1190. The van der Waals surface area contributed by atoms with Gasteiger partial charge in [0, 0.05) is 38.1 Å². The van der Waals surface area contributed by atoms with Gasteiger partial charge in [0.25, 0.3) is 0 Å². The van der Waals surface area contributed by atoms with E-state index in [2.05, 4.69) is 63.8 Å². The molecule has 12 nitrogen and oxygen atoms in total. The van der Waals surface area contributed by atoms with E-state index in [0.717, 1.165) is 129 Å². The lowest BCUT2D eigenvalue weighted by molar-refractivity contribution is -0.152. The summed E-state index contributed by atoms with van der Waals surface area (Å²) in [5, 5.41) is 0. The number of esters is 4. The molecule has 0 spiro atoms. The van der Waals surface area contributed by atoms with Gasteiger partial charge in [-0.05, 0) is 83.7 Å². The molecule has 0 heterocycles. The van der Waals surface area contributed by atoms with Crippen LogP contribution in [0.2, 0.25) is 0 Å². The van der Waals surface area contributed by atoms with Gasteiger partial charge in [-0.1, -0.05) is 142 Å². The predicted octanol–water partition coefficient (Wildman–Crippen LogP) is 13.0. The molecule has 0 aliphatic heterocycles. The molecule has 0 saturated heterocycles. The topological polar surface area (TPSA) is 144 Å². The van der Waals surface area contributed by atoms with E-state index in [1.54, 1.807) is 0 Å². The van der Waals surface area contributed by atoms with Gasteiger partial charge in [0.05, 0.1) is 25.7 Å². The quantitative estimate of drug-likeness (QED) is 0.0248. The maximum Gasteiger partial charge on any atom is 0.508 e. The van der Waals surface area contributed by atoms with Gasteiger partial charge in [-0.2, -0.15) is 0 Å². The van der Waals surface area contributed by atoms with Crippen molar-refractivity contribution in [3.8, 4) is 0 Å². The average molecular weight is 922 g/mol. The summed E-state index contributed by atoms with van der Waals surface area (Å²) in [4.78, 5) is 65.2. The molecule has 1 atom stereocenters. The lowest BCUT2D eigenvalue weighted by atomic mass is 10.0. The number of carbonyl (C=O) groups is 5. The number of hydrogen-bond donors (Lipinski definition) is 0. The molecule has 378 valence electrons. The Hall–Kier alpha value is -3.41. The van der Waals surface area contributed by atoms with Gasteiger partial charge in [-0.25, -0.2) is 4.79 Å². The molecule has 12 heteroatoms. The summed E-state index contributed by atoms with van der Waals surface area (Å²) in [6.07, 6.45) is 33.1. The first-order valence-electron chi connectivity index (χ1n) is 26.1. The van der Waals surface area contributed by atoms with E-state index in [4.69, 9.17) is 28.4 Å². The SMILES string of the molecule is CCCCC/C=C\C/C=C\CCCCCCCC(=O)OCC(COC(=O)CCCC(COC(=O)CCCCCCC)COC(=O)CCCCCCC)COC(=O)OCCCN(CC)CC. The van der Waals surface area contributed by atoms with Crippen LogP contribution in [0.25, 0.3) is 0 Å². The van der Waals surface area contributed by atoms with Crippen LogP contribution in [0.1, 0.15) is 214 Å². The fourth-order valence-electron chi connectivity index (χ4n) is 7.06. The van der Waals surface area contributed by atoms with E-state index in [1.807, 2.05) is 0 Å². The third-order valence-electron chi connectivity index (χ3n) is 11.4. The third-order valence-corrected chi connectivity index (χ3v) is 11.4. The summed E-state index contributed by atoms with van der Waals surface area (Å²) in [6.45, 7) is 13.4. The van der Waals surface area contributed by atoms with E-state index < -0.39 is 18.0 Å². The monoisotopic (exact) mass is 922 g/mol. The summed E-state index contributed by atoms with van der Waals surface area (Å²) in [7, 11) is 0. The molecule has 1 unspecified atom stereocenters. The van der Waals surface area contributed by atoms with Crippen LogP contribution in [-0.2, 0) is 47.6 Å². The average Bonchev–Trinajstić information content (AvgIpc) is 3.30. The Morgan fingerprint density at radius 3 is 1.26 bits per heavy atom. The number of rotatable bonds is 46. The van der Waals surface area contributed by atoms with Crippen molar-refractivity contribution in [1.29, 1.82) is 0 Å². The number of carbonyl (C=O) groups excluding carboxylic acids is 5. The van der Waals surface area contributed by atoms with Gasteiger partial charge < -0.3 is 33.3 Å². The minimum atomic E-state index is -0.822. The van der Waals surface area contributed by atoms with Crippen molar-refractivity contribution in [2.45, 2.75) is 214 Å². The molecule has 0 aromatic carbocycles. The van der Waals surface area contributed by atoms with Crippen molar-refractivity contribution in [2.75, 3.05) is 59.3 Å². The molecule has 0 aromatic heterocycles. The van der Waals surface area contributed by atoms with Crippen LogP contribution in [0.4, 0.5) is 4.79 Å². The highest BCUT2D eigenvalue weighted by molar-refractivity contribution is 5.70. The largest absolute Gasteiger partial charge is 0.508 e. The number of hydrogen-bond acceptors (Lipinski definition) is 12. The van der Waals surface area contributed by atoms with Gasteiger partial charge in [0.2, 0.25) is 0 Å². The fraction of sp³-hybridized carbons (Fsp3) is 0.830. The van der Waals surface area contributed by atoms with E-state index in [1.165, 1.54) is 25.7 Å². The lowest BCUT2D eigenvalue weighted by Gasteiger charge is -2.19. The molecule has 0 bridgehead atoms. The highest BCUT2D eigenvalue weighted by Gasteiger charge is 2.20. The molecule has 0 aliphatic carbocycles. The van der Waals surface area contributed by atoms with E-state index in [-0.39, 0.29) is 76.3 Å². The molecular weight excluding hydrogens is 827 g/mol. The van der Waals surface area contributed by atoms with Crippen molar-refractivity contribution in [3.63, 3.8) is 0 Å². The van der Waals surface area contributed by atoms with Crippen LogP contribution in [0.5, 0.6) is 0 Å². The van der Waals surface area contributed by atoms with Crippen molar-refractivity contribution < 1.29 is 52.4 Å². The summed E-state index contributed by atoms with van der Waals surface area (Å²) < 4.78 is 32.9. The highest BCUT2D eigenvalue weighted by Crippen LogP contribution is 2.15. The normalized spacial score (nSPS) is 12.0. The van der Waals surface area contributed by atoms with Crippen LogP contribution in [0, 0.1) is 11.8 Å². The van der Waals surface area contributed by atoms with Crippen molar-refractivity contribution in [1.82, 2.24) is 4.90 Å². The van der Waals surface area contributed by atoms with E-state index in [0.29, 0.717) is 32.1 Å². The molecule has 0 fully saturated rings. The number of ether oxygens (including phenoxy) is 6. The Kier molecular flexibility index (Phi) is 44.6. The number of allylic oxidation sites excluding steroid dienone is 4. The van der Waals surface area contributed by atoms with Crippen LogP contribution >= 0.6 is 0 Å². The zero-order chi connectivity index (χ0) is 47.9. The molecule has 0 rings (SSSR count). The molecule has 0 saturated carbocycles. The smallest absolute Gasteiger partial charge is 0.465 e. The Morgan fingerprint density at radius 1 is 0.400 bits per heavy atom. The number of nitrogens with zero attached hydrogens (tertiary/aromatic N) is 1. The summed E-state index contributed by atoms with van der Waals surface area (Å²) in [5.74, 6) is -2.17. The van der Waals surface area contributed by atoms with Crippen LogP contribution < -0.4 is 0 Å². The van der Waals surface area contributed by atoms with Crippen molar-refractivity contribution >= 4 is 30.0 Å². The van der Waals surface area contributed by atoms with Crippen LogP contribution in [0.15, 0.2) is 24.3 Å². The zero-order valence-corrected chi connectivity index (χ0v) is 42.1. The molecule has 0 aliphatic rings. The first kappa shape index (κ1) is 61.6. The molecule has 0 radical (unpaired) electrons. The Balaban J connectivity index is 4.99. The summed E-state index contributed by atoms with van der Waals surface area (Å²) >= 11 is 0. The predicted molar refractivity (Wildman–Crippen MR) is 260 cm³/mol. The first-order chi connectivity index (χ1) is 31.7. The summed E-state index contributed by atoms with van der Waals surface area (Å²) in [6, 6.07) is 0. The highest BCUT2D eigenvalue weighted by atomic mass is 16.7. The van der Waals surface area contributed by atoms with Crippen LogP contribution in [-0.4, -0.2) is 94.2 Å². The zero-order valence-electron chi connectivity index (χ0n) is 42.1. The minimum Gasteiger partial charge on any atom is -0.465 e. The molecule has 0 amide bonds. The summed E-state index contributed by atoms with van der Waals surface area (Å²) in [5.41, 5.74) is 0. The molecule has 65 heavy (non-hydrogen) atoms. The van der Waals surface area contributed by atoms with E-state index >= 15 is 0 Å². The van der Waals surface area contributed by atoms with Gasteiger partial charge in [-0.15, -0.1) is 0 Å². The minimum absolute atomic E-state index is 0.0718. The second-order valence-corrected chi connectivity index (χ2v) is 17.5. The Morgan fingerprint density at radius 2 is 0.785 bits per heavy atom. The Labute approximate surface area is 396 Å². The van der Waals surface area contributed by atoms with Crippen molar-refractivity contribution in [2.24, 2.45) is 11.8 Å². The maximum atomic E-state index is 12.9. The maximum absolute atomic E-state index is 12.9. The second-order valence-electron chi connectivity index (χ2n) is 17.5. The first-order valence-corrected chi connectivity index (χ1v) is 26.1. The van der Waals surface area contributed by atoms with Gasteiger partial charge >= 0.3 is 30.0 Å². The van der Waals surface area contributed by atoms with Crippen molar-refractivity contribution in [3.05, 3.63) is 24.3 Å². The van der Waals surface area contributed by atoms with Gasteiger partial charge in [-0.3, -0.25) is 19.2 Å². The second kappa shape index (κ2) is 47.1. The van der Waals surface area contributed by atoms with Crippen LogP contribution in [0.3, 0.4) is 0 Å². The molecular formula is C53H95NO11. The van der Waals surface area contributed by atoms with Gasteiger partial charge in [0.1, 0.15) is 19.8 Å². The fourth-order valence-corrected chi connectivity index (χ4v) is 7.06. The van der Waals surface area contributed by atoms with E-state index in [9.17, 15) is 24.0 Å². The lowest BCUT2D eigenvalue weighted by Crippen LogP contribution is -2.27. The van der Waals surface area contributed by atoms with Gasteiger partial charge in [0.15, 0.2) is 0 Å².